The van der Waals surface area contributed by atoms with E-state index < -0.39 is 0 Å². The Hall–Kier alpha value is -1.69. The Morgan fingerprint density at radius 1 is 1.43 bits per heavy atom. The van der Waals surface area contributed by atoms with Gasteiger partial charge in [0.25, 0.3) is 5.91 Å². The Bertz CT molecular complexity index is 496. The third-order valence-corrected chi connectivity index (χ3v) is 4.18. The minimum Gasteiger partial charge on any atom is -0.381 e. The maximum Gasteiger partial charge on any atom is 0.274 e. The van der Waals surface area contributed by atoms with E-state index in [-0.39, 0.29) is 5.91 Å². The first-order valence-electron chi connectivity index (χ1n) is 7.64. The molecular weight excluding hydrogens is 268 g/mol. The number of anilines is 1. The van der Waals surface area contributed by atoms with E-state index in [0.717, 1.165) is 57.9 Å². The fourth-order valence-corrected chi connectivity index (χ4v) is 2.93. The molecule has 2 saturated heterocycles. The average Bonchev–Trinajstić information content (AvgIpc) is 3.20. The molecule has 6 nitrogen and oxygen atoms in total. The third-order valence-electron chi connectivity index (χ3n) is 4.18. The zero-order valence-electron chi connectivity index (χ0n) is 12.5. The molecule has 6 heteroatoms. The standard InChI is InChI=1S/C15H22N4O2/c1-18(10-12-4-7-21-11-12)14-9-16-8-13(17-14)15(20)19-5-2-3-6-19/h8-9,12H,2-7,10-11H2,1H3/t12-/m1/s1. The lowest BCUT2D eigenvalue weighted by atomic mass is 10.1. The van der Waals surface area contributed by atoms with Gasteiger partial charge in [-0.1, -0.05) is 0 Å². The van der Waals surface area contributed by atoms with Crippen molar-refractivity contribution in [2.24, 2.45) is 5.92 Å². The van der Waals surface area contributed by atoms with Crippen molar-refractivity contribution in [1.29, 1.82) is 0 Å². The van der Waals surface area contributed by atoms with Gasteiger partial charge in [0.15, 0.2) is 0 Å². The summed E-state index contributed by atoms with van der Waals surface area (Å²) in [5, 5.41) is 0. The van der Waals surface area contributed by atoms with Crippen molar-refractivity contribution in [2.75, 3.05) is 44.8 Å². The average molecular weight is 290 g/mol. The predicted octanol–water partition coefficient (Wildman–Crippen LogP) is 1.19. The van der Waals surface area contributed by atoms with Gasteiger partial charge in [0.1, 0.15) is 11.5 Å². The maximum absolute atomic E-state index is 12.4. The highest BCUT2D eigenvalue weighted by Gasteiger charge is 2.22. The first-order chi connectivity index (χ1) is 10.2. The van der Waals surface area contributed by atoms with E-state index in [1.54, 1.807) is 12.4 Å². The van der Waals surface area contributed by atoms with Gasteiger partial charge in [0, 0.05) is 39.2 Å². The summed E-state index contributed by atoms with van der Waals surface area (Å²) in [4.78, 5) is 25.0. The van der Waals surface area contributed by atoms with Crippen LogP contribution in [0.1, 0.15) is 29.8 Å². The lowest BCUT2D eigenvalue weighted by Gasteiger charge is -2.22. The molecule has 1 amide bonds. The second kappa shape index (κ2) is 6.39. The topological polar surface area (TPSA) is 58.6 Å². The summed E-state index contributed by atoms with van der Waals surface area (Å²) in [6, 6.07) is 0. The van der Waals surface area contributed by atoms with E-state index >= 15 is 0 Å². The number of rotatable bonds is 4. The van der Waals surface area contributed by atoms with Crippen LogP contribution in [0.3, 0.4) is 0 Å². The molecule has 21 heavy (non-hydrogen) atoms. The summed E-state index contributed by atoms with van der Waals surface area (Å²) in [5.74, 6) is 1.29. The number of aromatic nitrogens is 2. The number of hydrogen-bond acceptors (Lipinski definition) is 5. The Balaban J connectivity index is 1.68. The van der Waals surface area contributed by atoms with Crippen molar-refractivity contribution in [3.8, 4) is 0 Å². The van der Waals surface area contributed by atoms with Crippen LogP contribution in [0.4, 0.5) is 5.82 Å². The van der Waals surface area contributed by atoms with Gasteiger partial charge in [0.2, 0.25) is 0 Å². The van der Waals surface area contributed by atoms with E-state index in [9.17, 15) is 4.79 Å². The van der Waals surface area contributed by atoms with E-state index in [4.69, 9.17) is 4.74 Å². The van der Waals surface area contributed by atoms with Crippen LogP contribution in [0.5, 0.6) is 0 Å². The van der Waals surface area contributed by atoms with Crippen molar-refractivity contribution in [2.45, 2.75) is 19.3 Å². The van der Waals surface area contributed by atoms with Gasteiger partial charge >= 0.3 is 0 Å². The van der Waals surface area contributed by atoms with Crippen LogP contribution >= 0.6 is 0 Å². The first-order valence-corrected chi connectivity index (χ1v) is 7.64. The van der Waals surface area contributed by atoms with Crippen molar-refractivity contribution in [3.05, 3.63) is 18.1 Å². The van der Waals surface area contributed by atoms with Crippen molar-refractivity contribution < 1.29 is 9.53 Å². The third kappa shape index (κ3) is 3.32. The van der Waals surface area contributed by atoms with Crippen LogP contribution < -0.4 is 4.90 Å². The second-order valence-electron chi connectivity index (χ2n) is 5.87. The number of nitrogens with zero attached hydrogens (tertiary/aromatic N) is 4. The van der Waals surface area contributed by atoms with Crippen LogP contribution in [-0.2, 0) is 4.74 Å². The van der Waals surface area contributed by atoms with Crippen LogP contribution in [0, 0.1) is 5.92 Å². The summed E-state index contributed by atoms with van der Waals surface area (Å²) in [6.07, 6.45) is 6.54. The van der Waals surface area contributed by atoms with Gasteiger partial charge < -0.3 is 14.5 Å². The zero-order chi connectivity index (χ0) is 14.7. The Morgan fingerprint density at radius 2 is 2.24 bits per heavy atom. The number of carbonyl (C=O) groups is 1. The molecule has 0 radical (unpaired) electrons. The highest BCUT2D eigenvalue weighted by Crippen LogP contribution is 2.18. The molecule has 114 valence electrons. The molecule has 0 saturated carbocycles. The highest BCUT2D eigenvalue weighted by atomic mass is 16.5. The minimum absolute atomic E-state index is 0.000510. The monoisotopic (exact) mass is 290 g/mol. The van der Waals surface area contributed by atoms with Crippen LogP contribution in [0.25, 0.3) is 0 Å². The molecule has 0 unspecified atom stereocenters. The first kappa shape index (κ1) is 14.3. The molecule has 2 fully saturated rings. The van der Waals surface area contributed by atoms with Crippen LogP contribution in [-0.4, -0.2) is 60.7 Å². The second-order valence-corrected chi connectivity index (χ2v) is 5.87. The molecule has 0 aliphatic carbocycles. The van der Waals surface area contributed by atoms with Gasteiger partial charge in [-0.3, -0.25) is 9.78 Å². The summed E-state index contributed by atoms with van der Waals surface area (Å²) >= 11 is 0. The lowest BCUT2D eigenvalue weighted by molar-refractivity contribution is 0.0786. The number of amides is 1. The molecule has 0 spiro atoms. The molecule has 1 aromatic rings. The van der Waals surface area contributed by atoms with E-state index in [0.29, 0.717) is 11.6 Å². The molecule has 1 atom stereocenters. The molecular formula is C15H22N4O2. The molecule has 0 bridgehead atoms. The number of hydrogen-bond donors (Lipinski definition) is 0. The summed E-state index contributed by atoms with van der Waals surface area (Å²) < 4.78 is 5.40. The molecule has 1 aromatic heterocycles. The molecule has 2 aliphatic rings. The zero-order valence-corrected chi connectivity index (χ0v) is 12.5. The smallest absolute Gasteiger partial charge is 0.274 e. The molecule has 2 aliphatic heterocycles. The quantitative estimate of drug-likeness (QED) is 0.833. The Morgan fingerprint density at radius 3 is 2.95 bits per heavy atom. The largest absolute Gasteiger partial charge is 0.381 e. The highest BCUT2D eigenvalue weighted by molar-refractivity contribution is 5.92. The van der Waals surface area contributed by atoms with Crippen LogP contribution in [0.2, 0.25) is 0 Å². The number of ether oxygens (including phenoxy) is 1. The normalized spacial score (nSPS) is 21.8. The van der Waals surface area contributed by atoms with Gasteiger partial charge in [-0.25, -0.2) is 4.98 Å². The minimum atomic E-state index is -0.000510. The lowest BCUT2D eigenvalue weighted by Crippen LogP contribution is -2.30. The van der Waals surface area contributed by atoms with E-state index in [1.807, 2.05) is 11.9 Å². The van der Waals surface area contributed by atoms with Gasteiger partial charge in [-0.05, 0) is 19.3 Å². The molecule has 0 N–H and O–H groups in total. The number of carbonyl (C=O) groups excluding carboxylic acids is 1. The SMILES string of the molecule is CN(C[C@H]1CCOC1)c1cncc(C(=O)N2CCCC2)n1. The molecule has 3 rings (SSSR count). The van der Waals surface area contributed by atoms with Crippen molar-refractivity contribution in [1.82, 2.24) is 14.9 Å². The van der Waals surface area contributed by atoms with E-state index in [1.165, 1.54) is 0 Å². The molecule has 3 heterocycles. The van der Waals surface area contributed by atoms with Gasteiger partial charge in [0.05, 0.1) is 19.0 Å². The fraction of sp³-hybridized carbons (Fsp3) is 0.667. The fourth-order valence-electron chi connectivity index (χ4n) is 2.93. The summed E-state index contributed by atoms with van der Waals surface area (Å²) in [5.41, 5.74) is 0.448. The summed E-state index contributed by atoms with van der Waals surface area (Å²) in [6.45, 7) is 4.21. The maximum atomic E-state index is 12.4. The Labute approximate surface area is 125 Å². The van der Waals surface area contributed by atoms with Gasteiger partial charge in [-0.2, -0.15) is 0 Å². The Kier molecular flexibility index (Phi) is 4.34. The van der Waals surface area contributed by atoms with E-state index in [2.05, 4.69) is 14.9 Å². The molecule has 0 aromatic carbocycles. The predicted molar refractivity (Wildman–Crippen MR) is 79.4 cm³/mol. The van der Waals surface area contributed by atoms with Crippen molar-refractivity contribution >= 4 is 11.7 Å². The van der Waals surface area contributed by atoms with Crippen LogP contribution in [0.15, 0.2) is 12.4 Å². The summed E-state index contributed by atoms with van der Waals surface area (Å²) in [7, 11) is 1.99. The number of likely N-dealkylation sites (tertiary alicyclic amines) is 1. The van der Waals surface area contributed by atoms with Gasteiger partial charge in [-0.15, -0.1) is 0 Å². The van der Waals surface area contributed by atoms with Crippen molar-refractivity contribution in [3.63, 3.8) is 0 Å².